The van der Waals surface area contributed by atoms with Crippen LogP contribution in [0, 0.1) is 6.92 Å². The van der Waals surface area contributed by atoms with Crippen molar-refractivity contribution in [2.75, 3.05) is 6.61 Å². The van der Waals surface area contributed by atoms with E-state index < -0.39 is 0 Å². The fraction of sp³-hybridized carbons (Fsp3) is 0.294. The Morgan fingerprint density at radius 3 is 2.53 bits per heavy atom. The van der Waals surface area contributed by atoms with Crippen LogP contribution in [0.15, 0.2) is 48.5 Å². The first-order valence-corrected chi connectivity index (χ1v) is 6.59. The lowest BCUT2D eigenvalue weighted by Crippen LogP contribution is -2.01. The molecule has 19 heavy (non-hydrogen) atoms. The number of hydrogen-bond donors (Lipinski definition) is 1. The summed E-state index contributed by atoms with van der Waals surface area (Å²) in [5.41, 5.74) is 3.38. The molecule has 1 atom stereocenters. The van der Waals surface area contributed by atoms with E-state index in [1.807, 2.05) is 50.2 Å². The summed E-state index contributed by atoms with van der Waals surface area (Å²) in [4.78, 5) is 0. The number of benzene rings is 2. The second kappa shape index (κ2) is 6.39. The van der Waals surface area contributed by atoms with E-state index in [1.165, 1.54) is 0 Å². The van der Waals surface area contributed by atoms with Gasteiger partial charge in [-0.1, -0.05) is 49.4 Å². The molecule has 1 unspecified atom stereocenters. The van der Waals surface area contributed by atoms with Gasteiger partial charge in [0.25, 0.3) is 0 Å². The van der Waals surface area contributed by atoms with Crippen molar-refractivity contribution >= 4 is 0 Å². The highest BCUT2D eigenvalue weighted by Gasteiger charge is 2.07. The van der Waals surface area contributed by atoms with Crippen LogP contribution in [-0.2, 0) is 6.61 Å². The lowest BCUT2D eigenvalue weighted by Gasteiger charge is -2.14. The Kier molecular flexibility index (Phi) is 4.58. The van der Waals surface area contributed by atoms with Gasteiger partial charge in [0.2, 0.25) is 0 Å². The summed E-state index contributed by atoms with van der Waals surface area (Å²) in [6.45, 7) is 4.76. The number of rotatable bonds is 5. The molecule has 0 aromatic heterocycles. The van der Waals surface area contributed by atoms with Crippen LogP contribution in [0.25, 0.3) is 0 Å². The average Bonchev–Trinajstić information content (AvgIpc) is 2.46. The Labute approximate surface area is 114 Å². The summed E-state index contributed by atoms with van der Waals surface area (Å²) < 4.78 is 5.88. The van der Waals surface area contributed by atoms with Crippen molar-refractivity contribution in [1.82, 2.24) is 0 Å². The van der Waals surface area contributed by atoms with Crippen LogP contribution in [0.5, 0.6) is 5.75 Å². The standard InChI is InChI=1S/C17H20O2/c1-13-8-9-16(14(2)11-18)10-17(13)19-12-15-6-4-3-5-7-15/h3-10,14,18H,11-12H2,1-2H3. The number of ether oxygens (including phenoxy) is 1. The normalized spacial score (nSPS) is 12.2. The van der Waals surface area contributed by atoms with E-state index in [9.17, 15) is 5.11 Å². The molecular weight excluding hydrogens is 236 g/mol. The minimum absolute atomic E-state index is 0.139. The smallest absolute Gasteiger partial charge is 0.123 e. The topological polar surface area (TPSA) is 29.5 Å². The van der Waals surface area contributed by atoms with E-state index in [0.29, 0.717) is 6.61 Å². The average molecular weight is 256 g/mol. The molecule has 0 spiro atoms. The van der Waals surface area contributed by atoms with Crippen molar-refractivity contribution in [3.05, 3.63) is 65.2 Å². The van der Waals surface area contributed by atoms with E-state index in [4.69, 9.17) is 4.74 Å². The molecule has 2 nitrogen and oxygen atoms in total. The van der Waals surface area contributed by atoms with Crippen molar-refractivity contribution in [3.63, 3.8) is 0 Å². The molecule has 0 saturated carbocycles. The molecule has 0 saturated heterocycles. The van der Waals surface area contributed by atoms with E-state index >= 15 is 0 Å². The van der Waals surface area contributed by atoms with Crippen molar-refractivity contribution in [3.8, 4) is 5.75 Å². The Morgan fingerprint density at radius 2 is 1.84 bits per heavy atom. The van der Waals surface area contributed by atoms with Crippen LogP contribution in [0.3, 0.4) is 0 Å². The molecule has 1 N–H and O–H groups in total. The lowest BCUT2D eigenvalue weighted by atomic mass is 10.0. The Bertz CT molecular complexity index is 520. The molecule has 0 radical (unpaired) electrons. The van der Waals surface area contributed by atoms with Crippen LogP contribution in [0.1, 0.15) is 29.5 Å². The predicted octanol–water partition coefficient (Wildman–Crippen LogP) is 3.67. The van der Waals surface area contributed by atoms with Crippen molar-refractivity contribution < 1.29 is 9.84 Å². The summed E-state index contributed by atoms with van der Waals surface area (Å²) in [5, 5.41) is 9.22. The van der Waals surface area contributed by atoms with Crippen LogP contribution in [-0.4, -0.2) is 11.7 Å². The van der Waals surface area contributed by atoms with Crippen molar-refractivity contribution in [2.45, 2.75) is 26.4 Å². The van der Waals surface area contributed by atoms with Crippen molar-refractivity contribution in [1.29, 1.82) is 0 Å². The first kappa shape index (κ1) is 13.6. The molecule has 0 aliphatic rings. The molecule has 2 heteroatoms. The second-order valence-corrected chi connectivity index (χ2v) is 4.88. The molecular formula is C17H20O2. The van der Waals surface area contributed by atoms with E-state index in [0.717, 1.165) is 22.4 Å². The number of aliphatic hydroxyl groups excluding tert-OH is 1. The van der Waals surface area contributed by atoms with Crippen LogP contribution in [0.2, 0.25) is 0 Å². The highest BCUT2D eigenvalue weighted by atomic mass is 16.5. The minimum Gasteiger partial charge on any atom is -0.489 e. The highest BCUT2D eigenvalue weighted by molar-refractivity contribution is 5.38. The first-order valence-electron chi connectivity index (χ1n) is 6.59. The molecule has 0 fully saturated rings. The monoisotopic (exact) mass is 256 g/mol. The number of hydrogen-bond acceptors (Lipinski definition) is 2. The van der Waals surface area contributed by atoms with Gasteiger partial charge in [-0.2, -0.15) is 0 Å². The van der Waals surface area contributed by atoms with Gasteiger partial charge in [-0.15, -0.1) is 0 Å². The maximum atomic E-state index is 9.22. The third kappa shape index (κ3) is 3.58. The largest absolute Gasteiger partial charge is 0.489 e. The molecule has 0 heterocycles. The minimum atomic E-state index is 0.139. The SMILES string of the molecule is Cc1ccc(C(C)CO)cc1OCc1ccccc1. The molecule has 2 rings (SSSR count). The molecule has 0 amide bonds. The van der Waals surface area contributed by atoms with Crippen LogP contribution >= 0.6 is 0 Å². The summed E-state index contributed by atoms with van der Waals surface area (Å²) in [6, 6.07) is 16.2. The zero-order valence-corrected chi connectivity index (χ0v) is 11.5. The molecule has 0 aliphatic carbocycles. The van der Waals surface area contributed by atoms with Crippen molar-refractivity contribution in [2.24, 2.45) is 0 Å². The van der Waals surface area contributed by atoms with Crippen LogP contribution < -0.4 is 4.74 Å². The highest BCUT2D eigenvalue weighted by Crippen LogP contribution is 2.25. The zero-order chi connectivity index (χ0) is 13.7. The first-order chi connectivity index (χ1) is 9.20. The molecule has 2 aromatic rings. The Hall–Kier alpha value is -1.80. The van der Waals surface area contributed by atoms with Gasteiger partial charge in [0, 0.05) is 12.5 Å². The van der Waals surface area contributed by atoms with Gasteiger partial charge in [0.05, 0.1) is 0 Å². The van der Waals surface area contributed by atoms with E-state index in [2.05, 4.69) is 12.1 Å². The fourth-order valence-electron chi connectivity index (χ4n) is 1.92. The molecule has 0 bridgehead atoms. The Balaban J connectivity index is 2.11. The van der Waals surface area contributed by atoms with Gasteiger partial charge < -0.3 is 9.84 Å². The van der Waals surface area contributed by atoms with Gasteiger partial charge in [0.15, 0.2) is 0 Å². The van der Waals surface area contributed by atoms with Gasteiger partial charge >= 0.3 is 0 Å². The van der Waals surface area contributed by atoms with E-state index in [-0.39, 0.29) is 12.5 Å². The fourth-order valence-corrected chi connectivity index (χ4v) is 1.92. The molecule has 0 aliphatic heterocycles. The predicted molar refractivity (Wildman–Crippen MR) is 77.5 cm³/mol. The third-order valence-corrected chi connectivity index (χ3v) is 3.29. The maximum Gasteiger partial charge on any atom is 0.123 e. The summed E-state index contributed by atoms with van der Waals surface area (Å²) in [5.74, 6) is 1.03. The summed E-state index contributed by atoms with van der Waals surface area (Å²) in [6.07, 6.45) is 0. The van der Waals surface area contributed by atoms with E-state index in [1.54, 1.807) is 0 Å². The number of aliphatic hydroxyl groups is 1. The van der Waals surface area contributed by atoms with Crippen LogP contribution in [0.4, 0.5) is 0 Å². The maximum absolute atomic E-state index is 9.22. The third-order valence-electron chi connectivity index (χ3n) is 3.29. The summed E-state index contributed by atoms with van der Waals surface area (Å²) in [7, 11) is 0. The van der Waals surface area contributed by atoms with Gasteiger partial charge in [-0.05, 0) is 29.7 Å². The van der Waals surface area contributed by atoms with Gasteiger partial charge in [-0.3, -0.25) is 0 Å². The molecule has 2 aromatic carbocycles. The van der Waals surface area contributed by atoms with Gasteiger partial charge in [-0.25, -0.2) is 0 Å². The zero-order valence-electron chi connectivity index (χ0n) is 11.5. The van der Waals surface area contributed by atoms with Gasteiger partial charge in [0.1, 0.15) is 12.4 Å². The lowest BCUT2D eigenvalue weighted by molar-refractivity contribution is 0.271. The quantitative estimate of drug-likeness (QED) is 0.884. The Morgan fingerprint density at radius 1 is 1.11 bits per heavy atom. The second-order valence-electron chi connectivity index (χ2n) is 4.88. The summed E-state index contributed by atoms with van der Waals surface area (Å²) >= 11 is 0. The number of aryl methyl sites for hydroxylation is 1. The molecule has 100 valence electrons.